The molecular weight excluding hydrogens is 284 g/mol. The van der Waals surface area contributed by atoms with E-state index in [1.807, 2.05) is 0 Å². The minimum absolute atomic E-state index is 0. The molecule has 11 heteroatoms. The molecule has 0 atom stereocenters. The van der Waals surface area contributed by atoms with Gasteiger partial charge in [-0.15, -0.1) is 0 Å². The molecule has 0 radical (unpaired) electrons. The fourth-order valence-corrected chi connectivity index (χ4v) is 1.80. The molecule has 19 heavy (non-hydrogen) atoms. The molecule has 1 aromatic heterocycles. The van der Waals surface area contributed by atoms with Crippen LogP contribution >= 0.6 is 0 Å². The summed E-state index contributed by atoms with van der Waals surface area (Å²) in [6.45, 7) is 0. The van der Waals surface area contributed by atoms with Crippen molar-refractivity contribution in [3.8, 4) is 0 Å². The predicted molar refractivity (Wildman–Crippen MR) is 59.6 cm³/mol. The molecule has 1 rings (SSSR count). The van der Waals surface area contributed by atoms with Crippen LogP contribution in [0.2, 0.25) is 0 Å². The van der Waals surface area contributed by atoms with Crippen LogP contribution in [-0.2, 0) is 16.2 Å². The van der Waals surface area contributed by atoms with Crippen molar-refractivity contribution in [2.24, 2.45) is 0 Å². The van der Waals surface area contributed by atoms with Gasteiger partial charge in [-0.3, -0.25) is 0 Å². The van der Waals surface area contributed by atoms with Crippen LogP contribution in [0.1, 0.15) is 16.2 Å². The van der Waals surface area contributed by atoms with Gasteiger partial charge >= 0.3 is 31.0 Å². The number of pyridine rings is 1. The summed E-state index contributed by atoms with van der Waals surface area (Å²) < 4.78 is 61.8. The molecule has 0 spiro atoms. The number of nitrogens with one attached hydrogen (secondary N) is 1. The molecule has 0 amide bonds. The molecule has 0 saturated carbocycles. The average Bonchev–Trinajstić information content (AvgIpc) is 2.27. The number of carboxylic acids is 1. The van der Waals surface area contributed by atoms with Crippen molar-refractivity contribution >= 4 is 34.9 Å². The first-order valence-electron chi connectivity index (χ1n) is 4.34. The fourth-order valence-electron chi connectivity index (χ4n) is 1.03. The molecule has 0 saturated heterocycles. The van der Waals surface area contributed by atoms with Gasteiger partial charge in [-0.2, -0.15) is 13.2 Å². The quantitative estimate of drug-likeness (QED) is 0.768. The number of carboxylic acid groups (broad SMARTS) is 1. The third-order valence-corrected chi connectivity index (χ3v) is 3.28. The van der Waals surface area contributed by atoms with Gasteiger partial charge in [0.1, 0.15) is 11.4 Å². The first kappa shape index (κ1) is 17.9. The fraction of sp³-hybridized carbons (Fsp3) is 0.250. The van der Waals surface area contributed by atoms with Gasteiger partial charge in [-0.1, -0.05) is 0 Å². The summed E-state index contributed by atoms with van der Waals surface area (Å²) in [5.74, 6) is -1.76. The summed E-state index contributed by atoms with van der Waals surface area (Å²) in [4.78, 5) is 12.6. The Morgan fingerprint density at radius 2 is 1.89 bits per heavy atom. The molecule has 102 valence electrons. The van der Waals surface area contributed by atoms with E-state index in [1.165, 1.54) is 0 Å². The number of carbonyl (C=O) groups is 1. The number of sulfonamides is 1. The van der Waals surface area contributed by atoms with Crippen LogP contribution < -0.4 is 4.72 Å². The summed E-state index contributed by atoms with van der Waals surface area (Å²) in [5.41, 5.74) is -2.59. The molecule has 1 heterocycles. The topological polar surface area (TPSA) is 96.4 Å². The third kappa shape index (κ3) is 4.21. The van der Waals surface area contributed by atoms with Gasteiger partial charge in [0.25, 0.3) is 0 Å². The molecule has 2 N–H and O–H groups in total. The SMILES string of the molecule is CNS(=O)(=O)c1cc(C(=O)O)nc(C(F)(F)F)c1.[LiH]. The van der Waals surface area contributed by atoms with Gasteiger partial charge in [0, 0.05) is 0 Å². The summed E-state index contributed by atoms with van der Waals surface area (Å²) in [6.07, 6.45) is -4.94. The zero-order valence-electron chi connectivity index (χ0n) is 8.82. The van der Waals surface area contributed by atoms with E-state index in [-0.39, 0.29) is 24.9 Å². The Morgan fingerprint density at radius 3 is 2.26 bits per heavy atom. The van der Waals surface area contributed by atoms with Crippen molar-refractivity contribution in [2.75, 3.05) is 7.05 Å². The molecular formula is C8H8F3LiN2O4S. The van der Waals surface area contributed by atoms with E-state index in [2.05, 4.69) is 4.98 Å². The van der Waals surface area contributed by atoms with E-state index in [0.29, 0.717) is 6.07 Å². The Kier molecular flexibility index (Phi) is 5.58. The van der Waals surface area contributed by atoms with E-state index in [9.17, 15) is 26.4 Å². The average molecular weight is 292 g/mol. The second-order valence-electron chi connectivity index (χ2n) is 3.08. The molecule has 0 aliphatic heterocycles. The Labute approximate surface area is 118 Å². The number of nitrogens with zero attached hydrogens (tertiary/aromatic N) is 1. The zero-order chi connectivity index (χ0) is 14.1. The number of aromatic carboxylic acids is 1. The van der Waals surface area contributed by atoms with Crippen molar-refractivity contribution in [1.82, 2.24) is 9.71 Å². The van der Waals surface area contributed by atoms with Gasteiger partial charge in [0.2, 0.25) is 10.0 Å². The summed E-state index contributed by atoms with van der Waals surface area (Å²) >= 11 is 0. The van der Waals surface area contributed by atoms with E-state index in [1.54, 1.807) is 4.72 Å². The Bertz CT molecular complexity index is 588. The zero-order valence-corrected chi connectivity index (χ0v) is 9.63. The van der Waals surface area contributed by atoms with Crippen LogP contribution in [0.5, 0.6) is 0 Å². The second kappa shape index (κ2) is 5.92. The van der Waals surface area contributed by atoms with Crippen molar-refractivity contribution in [3.05, 3.63) is 23.5 Å². The van der Waals surface area contributed by atoms with Gasteiger partial charge < -0.3 is 5.11 Å². The summed E-state index contributed by atoms with van der Waals surface area (Å²) in [5, 5.41) is 8.59. The maximum absolute atomic E-state index is 12.4. The number of aromatic nitrogens is 1. The van der Waals surface area contributed by atoms with Gasteiger partial charge in [-0.05, 0) is 19.2 Å². The van der Waals surface area contributed by atoms with Crippen molar-refractivity contribution < 1.29 is 31.5 Å². The number of rotatable bonds is 3. The van der Waals surface area contributed by atoms with Gasteiger partial charge in [0.05, 0.1) is 4.90 Å². The molecule has 0 unspecified atom stereocenters. The minimum atomic E-state index is -4.94. The molecule has 0 aliphatic rings. The van der Waals surface area contributed by atoms with Crippen LogP contribution in [0.25, 0.3) is 0 Å². The van der Waals surface area contributed by atoms with Gasteiger partial charge in [-0.25, -0.2) is 22.9 Å². The van der Waals surface area contributed by atoms with E-state index < -0.39 is 38.5 Å². The van der Waals surface area contributed by atoms with E-state index >= 15 is 0 Å². The molecule has 0 aliphatic carbocycles. The van der Waals surface area contributed by atoms with Crippen molar-refractivity contribution in [2.45, 2.75) is 11.1 Å². The first-order chi connectivity index (χ1) is 8.08. The summed E-state index contributed by atoms with van der Waals surface area (Å²) in [6, 6.07) is 0.807. The monoisotopic (exact) mass is 292 g/mol. The normalized spacial score (nSPS) is 11.8. The molecule has 0 bridgehead atoms. The number of hydrogen-bond donors (Lipinski definition) is 2. The third-order valence-electron chi connectivity index (χ3n) is 1.89. The molecule has 0 fully saturated rings. The second-order valence-corrected chi connectivity index (χ2v) is 4.97. The maximum atomic E-state index is 12.4. The van der Waals surface area contributed by atoms with Crippen molar-refractivity contribution in [3.63, 3.8) is 0 Å². The summed E-state index contributed by atoms with van der Waals surface area (Å²) in [7, 11) is -3.20. The van der Waals surface area contributed by atoms with Crippen molar-refractivity contribution in [1.29, 1.82) is 0 Å². The predicted octanol–water partition coefficient (Wildman–Crippen LogP) is 0.0582. The number of halogens is 3. The molecule has 6 nitrogen and oxygen atoms in total. The van der Waals surface area contributed by atoms with Crippen LogP contribution in [0.4, 0.5) is 13.2 Å². The van der Waals surface area contributed by atoms with Crippen LogP contribution in [0, 0.1) is 0 Å². The standard InChI is InChI=1S/C8H7F3N2O4S.Li.H/c1-12-18(16,17)4-2-5(7(14)15)13-6(3-4)8(9,10)11;;/h2-3,12H,1H3,(H,14,15);;. The molecule has 1 aromatic rings. The number of hydrogen-bond acceptors (Lipinski definition) is 4. The van der Waals surface area contributed by atoms with E-state index in [0.717, 1.165) is 7.05 Å². The number of alkyl halides is 3. The van der Waals surface area contributed by atoms with Gasteiger partial charge in [0.15, 0.2) is 0 Å². The Morgan fingerprint density at radius 1 is 1.37 bits per heavy atom. The van der Waals surface area contributed by atoms with Crippen LogP contribution in [0.3, 0.4) is 0 Å². The Hall–Kier alpha value is -1.08. The van der Waals surface area contributed by atoms with Crippen LogP contribution in [-0.4, -0.2) is 50.4 Å². The first-order valence-corrected chi connectivity index (χ1v) is 5.82. The molecule has 0 aromatic carbocycles. The van der Waals surface area contributed by atoms with E-state index in [4.69, 9.17) is 5.11 Å². The van der Waals surface area contributed by atoms with Crippen LogP contribution in [0.15, 0.2) is 17.0 Å². The Balaban J connectivity index is 0.00000324.